The van der Waals surface area contributed by atoms with Gasteiger partial charge in [0.15, 0.2) is 11.6 Å². The van der Waals surface area contributed by atoms with E-state index in [0.717, 1.165) is 5.56 Å². The van der Waals surface area contributed by atoms with Crippen LogP contribution in [-0.2, 0) is 4.79 Å². The molecule has 4 nitrogen and oxygen atoms in total. The van der Waals surface area contributed by atoms with Crippen LogP contribution >= 0.6 is 0 Å². The third kappa shape index (κ3) is 4.32. The zero-order chi connectivity index (χ0) is 16.8. The lowest BCUT2D eigenvalue weighted by molar-refractivity contribution is -0.111. The van der Waals surface area contributed by atoms with E-state index in [9.17, 15) is 9.18 Å². The van der Waals surface area contributed by atoms with Gasteiger partial charge in [-0.25, -0.2) is 4.39 Å². The topological polar surface area (TPSA) is 47.6 Å². The fourth-order valence-corrected chi connectivity index (χ4v) is 2.05. The Morgan fingerprint density at radius 1 is 1.09 bits per heavy atom. The van der Waals surface area contributed by atoms with E-state index in [2.05, 4.69) is 5.32 Å². The van der Waals surface area contributed by atoms with Gasteiger partial charge in [0.25, 0.3) is 0 Å². The molecule has 0 atom stereocenters. The fourth-order valence-electron chi connectivity index (χ4n) is 2.05. The summed E-state index contributed by atoms with van der Waals surface area (Å²) in [4.78, 5) is 12.0. The maximum Gasteiger partial charge on any atom is 0.248 e. The first-order chi connectivity index (χ1) is 11.0. The maximum absolute atomic E-state index is 13.6. The molecule has 0 spiro atoms. The van der Waals surface area contributed by atoms with Crippen LogP contribution in [0.25, 0.3) is 6.08 Å². The molecular weight excluding hydrogens is 297 g/mol. The van der Waals surface area contributed by atoms with E-state index >= 15 is 0 Å². The van der Waals surface area contributed by atoms with Crippen LogP contribution in [0.2, 0.25) is 0 Å². The summed E-state index contributed by atoms with van der Waals surface area (Å²) < 4.78 is 23.6. The molecule has 23 heavy (non-hydrogen) atoms. The Kier molecular flexibility index (Phi) is 5.36. The summed E-state index contributed by atoms with van der Waals surface area (Å²) in [5, 5.41) is 2.74. The molecule has 2 aromatic rings. The van der Waals surface area contributed by atoms with Crippen LogP contribution < -0.4 is 14.8 Å². The van der Waals surface area contributed by atoms with E-state index in [1.807, 2.05) is 19.1 Å². The van der Waals surface area contributed by atoms with Crippen molar-refractivity contribution >= 4 is 17.7 Å². The van der Waals surface area contributed by atoms with Gasteiger partial charge in [0.1, 0.15) is 5.75 Å². The summed E-state index contributed by atoms with van der Waals surface area (Å²) in [6.07, 6.45) is 2.86. The number of amides is 1. The molecule has 0 heterocycles. The zero-order valence-corrected chi connectivity index (χ0v) is 13.2. The maximum atomic E-state index is 13.6. The second kappa shape index (κ2) is 7.45. The molecule has 0 aliphatic rings. The summed E-state index contributed by atoms with van der Waals surface area (Å²) in [6.45, 7) is 1.92. The van der Waals surface area contributed by atoms with Crippen LogP contribution in [0.1, 0.15) is 11.1 Å². The molecular formula is C18H18FNO3. The Balaban J connectivity index is 2.10. The molecule has 1 N–H and O–H groups in total. The second-order valence-corrected chi connectivity index (χ2v) is 4.92. The van der Waals surface area contributed by atoms with Crippen molar-refractivity contribution in [1.82, 2.24) is 0 Å². The van der Waals surface area contributed by atoms with Gasteiger partial charge < -0.3 is 14.8 Å². The molecule has 0 aliphatic carbocycles. The van der Waals surface area contributed by atoms with Gasteiger partial charge in [0, 0.05) is 6.08 Å². The van der Waals surface area contributed by atoms with Crippen molar-refractivity contribution in [3.05, 3.63) is 59.4 Å². The predicted octanol–water partition coefficient (Wildman–Crippen LogP) is 3.80. The smallest absolute Gasteiger partial charge is 0.248 e. The molecule has 0 radical (unpaired) electrons. The quantitative estimate of drug-likeness (QED) is 0.854. The highest BCUT2D eigenvalue weighted by atomic mass is 19.1. The van der Waals surface area contributed by atoms with Crippen molar-refractivity contribution in [2.75, 3.05) is 19.5 Å². The summed E-state index contributed by atoms with van der Waals surface area (Å²) in [6, 6.07) is 9.97. The van der Waals surface area contributed by atoms with E-state index < -0.39 is 5.82 Å². The number of carbonyl (C=O) groups excluding carboxylic acids is 1. The van der Waals surface area contributed by atoms with Crippen LogP contribution in [0.3, 0.4) is 0 Å². The zero-order valence-electron chi connectivity index (χ0n) is 13.2. The highest BCUT2D eigenvalue weighted by molar-refractivity contribution is 6.02. The van der Waals surface area contributed by atoms with Gasteiger partial charge in [-0.2, -0.15) is 0 Å². The number of methoxy groups -OCH3 is 2. The predicted molar refractivity (Wildman–Crippen MR) is 88.3 cm³/mol. The van der Waals surface area contributed by atoms with Gasteiger partial charge in [-0.15, -0.1) is 0 Å². The summed E-state index contributed by atoms with van der Waals surface area (Å²) in [5.74, 6) is -0.0653. The van der Waals surface area contributed by atoms with Crippen molar-refractivity contribution in [2.45, 2.75) is 6.92 Å². The van der Waals surface area contributed by atoms with Crippen molar-refractivity contribution < 1.29 is 18.7 Å². The van der Waals surface area contributed by atoms with Crippen molar-refractivity contribution in [1.29, 1.82) is 0 Å². The first kappa shape index (κ1) is 16.5. The summed E-state index contributed by atoms with van der Waals surface area (Å²) >= 11 is 0. The van der Waals surface area contributed by atoms with Crippen LogP contribution in [0.15, 0.2) is 42.5 Å². The number of aryl methyl sites for hydroxylation is 1. The van der Waals surface area contributed by atoms with Crippen molar-refractivity contribution in [3.63, 3.8) is 0 Å². The minimum atomic E-state index is -0.476. The third-order valence-corrected chi connectivity index (χ3v) is 3.22. The molecule has 0 unspecified atom stereocenters. The molecule has 120 valence electrons. The Labute approximate surface area is 134 Å². The number of benzene rings is 2. The Morgan fingerprint density at radius 3 is 2.43 bits per heavy atom. The fraction of sp³-hybridized carbons (Fsp3) is 0.167. The number of halogens is 1. The van der Waals surface area contributed by atoms with Crippen LogP contribution in [0.5, 0.6) is 11.5 Å². The Morgan fingerprint density at radius 2 is 1.78 bits per heavy atom. The largest absolute Gasteiger partial charge is 0.495 e. The molecule has 2 rings (SSSR count). The average Bonchev–Trinajstić information content (AvgIpc) is 2.53. The van der Waals surface area contributed by atoms with E-state index in [1.165, 1.54) is 38.5 Å². The van der Waals surface area contributed by atoms with Gasteiger partial charge >= 0.3 is 0 Å². The highest BCUT2D eigenvalue weighted by Crippen LogP contribution is 2.25. The number of nitrogens with one attached hydrogen (secondary N) is 1. The summed E-state index contributed by atoms with van der Waals surface area (Å²) in [5.41, 5.74) is 2.15. The minimum absolute atomic E-state index is 0.163. The lowest BCUT2D eigenvalue weighted by Crippen LogP contribution is -2.09. The Bertz CT molecular complexity index is 741. The highest BCUT2D eigenvalue weighted by Gasteiger charge is 2.06. The average molecular weight is 315 g/mol. The molecule has 1 amide bonds. The molecule has 5 heteroatoms. The lowest BCUT2D eigenvalue weighted by atomic mass is 10.2. The van der Waals surface area contributed by atoms with Gasteiger partial charge in [0.2, 0.25) is 5.91 Å². The van der Waals surface area contributed by atoms with Crippen LogP contribution in [0.4, 0.5) is 10.1 Å². The SMILES string of the molecule is COc1ccc(/C=C/C(=O)Nc2cc(C)ccc2OC)cc1F. The van der Waals surface area contributed by atoms with E-state index in [1.54, 1.807) is 12.1 Å². The normalized spacial score (nSPS) is 10.6. The van der Waals surface area contributed by atoms with E-state index in [-0.39, 0.29) is 11.7 Å². The van der Waals surface area contributed by atoms with E-state index in [0.29, 0.717) is 17.0 Å². The number of hydrogen-bond donors (Lipinski definition) is 1. The number of ether oxygens (including phenoxy) is 2. The summed E-state index contributed by atoms with van der Waals surface area (Å²) in [7, 11) is 2.94. The van der Waals surface area contributed by atoms with Gasteiger partial charge in [-0.3, -0.25) is 4.79 Å². The minimum Gasteiger partial charge on any atom is -0.495 e. The molecule has 0 saturated carbocycles. The Hall–Kier alpha value is -2.82. The van der Waals surface area contributed by atoms with Gasteiger partial charge in [-0.05, 0) is 48.4 Å². The molecule has 0 saturated heterocycles. The third-order valence-electron chi connectivity index (χ3n) is 3.22. The first-order valence-corrected chi connectivity index (χ1v) is 7.00. The number of anilines is 1. The van der Waals surface area contributed by atoms with E-state index in [4.69, 9.17) is 9.47 Å². The molecule has 0 bridgehead atoms. The number of rotatable bonds is 5. The first-order valence-electron chi connectivity index (χ1n) is 7.00. The standard InChI is InChI=1S/C18H18FNO3/c1-12-4-7-17(23-3)15(10-12)20-18(21)9-6-13-5-8-16(22-2)14(19)11-13/h4-11H,1-3H3,(H,20,21)/b9-6+. The monoisotopic (exact) mass is 315 g/mol. The van der Waals surface area contributed by atoms with Gasteiger partial charge in [0.05, 0.1) is 19.9 Å². The molecule has 2 aromatic carbocycles. The number of hydrogen-bond acceptors (Lipinski definition) is 3. The lowest BCUT2D eigenvalue weighted by Gasteiger charge is -2.09. The van der Waals surface area contributed by atoms with Crippen LogP contribution in [0, 0.1) is 12.7 Å². The van der Waals surface area contributed by atoms with Crippen molar-refractivity contribution in [3.8, 4) is 11.5 Å². The van der Waals surface area contributed by atoms with Gasteiger partial charge in [-0.1, -0.05) is 12.1 Å². The number of carbonyl (C=O) groups is 1. The second-order valence-electron chi connectivity index (χ2n) is 4.92. The molecule has 0 fully saturated rings. The molecule has 0 aliphatic heterocycles. The molecule has 0 aromatic heterocycles. The van der Waals surface area contributed by atoms with Crippen LogP contribution in [-0.4, -0.2) is 20.1 Å². The van der Waals surface area contributed by atoms with Crippen molar-refractivity contribution in [2.24, 2.45) is 0 Å².